The van der Waals surface area contributed by atoms with Crippen molar-refractivity contribution >= 4 is 21.6 Å². The summed E-state index contributed by atoms with van der Waals surface area (Å²) in [5, 5.41) is 2.76. The lowest BCUT2D eigenvalue weighted by Crippen LogP contribution is -2.37. The maximum absolute atomic E-state index is 13.3. The Bertz CT molecular complexity index is 1130. The van der Waals surface area contributed by atoms with Gasteiger partial charge in [-0.3, -0.25) is 4.79 Å². The predicted octanol–water partition coefficient (Wildman–Crippen LogP) is 4.27. The van der Waals surface area contributed by atoms with Gasteiger partial charge in [-0.2, -0.15) is 4.31 Å². The fourth-order valence-corrected chi connectivity index (χ4v) is 4.33. The molecule has 0 aliphatic heterocycles. The Labute approximate surface area is 176 Å². The molecule has 0 spiro atoms. The molecule has 3 rings (SSSR count). The molecule has 30 heavy (non-hydrogen) atoms. The van der Waals surface area contributed by atoms with Crippen LogP contribution >= 0.6 is 0 Å². The van der Waals surface area contributed by atoms with Gasteiger partial charge in [0.1, 0.15) is 5.82 Å². The number of sulfonamides is 1. The van der Waals surface area contributed by atoms with Gasteiger partial charge in [-0.25, -0.2) is 12.8 Å². The first-order valence-electron chi connectivity index (χ1n) is 9.42. The van der Waals surface area contributed by atoms with Crippen molar-refractivity contribution in [2.75, 3.05) is 11.9 Å². The second-order valence-electron chi connectivity index (χ2n) is 7.08. The summed E-state index contributed by atoms with van der Waals surface area (Å²) in [5.74, 6) is -0.869. The number of hydrogen-bond donors (Lipinski definition) is 1. The van der Waals surface area contributed by atoms with Crippen molar-refractivity contribution in [1.82, 2.24) is 4.31 Å². The summed E-state index contributed by atoms with van der Waals surface area (Å²) in [5.41, 5.74) is 3.00. The van der Waals surface area contributed by atoms with E-state index in [-0.39, 0.29) is 18.0 Å². The summed E-state index contributed by atoms with van der Waals surface area (Å²) in [6, 6.07) is 19.2. The smallest absolute Gasteiger partial charge is 0.243 e. The largest absolute Gasteiger partial charge is 0.325 e. The molecule has 0 fully saturated rings. The first-order chi connectivity index (χ1) is 14.3. The molecule has 3 aromatic rings. The fraction of sp³-hybridized carbons (Fsp3) is 0.174. The van der Waals surface area contributed by atoms with Crippen LogP contribution < -0.4 is 5.32 Å². The van der Waals surface area contributed by atoms with E-state index in [0.717, 1.165) is 15.4 Å². The average molecular weight is 427 g/mol. The second-order valence-corrected chi connectivity index (χ2v) is 9.01. The van der Waals surface area contributed by atoms with Gasteiger partial charge in [-0.1, -0.05) is 48.0 Å². The van der Waals surface area contributed by atoms with Gasteiger partial charge < -0.3 is 5.32 Å². The van der Waals surface area contributed by atoms with E-state index < -0.39 is 21.7 Å². The topological polar surface area (TPSA) is 66.5 Å². The van der Waals surface area contributed by atoms with Crippen LogP contribution in [0.3, 0.4) is 0 Å². The van der Waals surface area contributed by atoms with Gasteiger partial charge in [0, 0.05) is 12.2 Å². The van der Waals surface area contributed by atoms with Crippen molar-refractivity contribution < 1.29 is 17.6 Å². The average Bonchev–Trinajstić information content (AvgIpc) is 2.71. The van der Waals surface area contributed by atoms with Crippen LogP contribution in [0.4, 0.5) is 10.1 Å². The van der Waals surface area contributed by atoms with Gasteiger partial charge in [0.05, 0.1) is 11.4 Å². The number of carbonyl (C=O) groups excluding carboxylic acids is 1. The van der Waals surface area contributed by atoms with Gasteiger partial charge in [-0.05, 0) is 55.3 Å². The number of anilines is 1. The third-order valence-electron chi connectivity index (χ3n) is 4.67. The van der Waals surface area contributed by atoms with E-state index in [4.69, 9.17) is 0 Å². The molecule has 0 bridgehead atoms. The van der Waals surface area contributed by atoms with E-state index in [9.17, 15) is 17.6 Å². The Hall–Kier alpha value is -3.03. The number of carbonyl (C=O) groups is 1. The Morgan fingerprint density at radius 2 is 1.57 bits per heavy atom. The minimum absolute atomic E-state index is 0.0579. The lowest BCUT2D eigenvalue weighted by atomic mass is 10.2. The van der Waals surface area contributed by atoms with Crippen molar-refractivity contribution in [3.63, 3.8) is 0 Å². The highest BCUT2D eigenvalue weighted by Crippen LogP contribution is 2.20. The van der Waals surface area contributed by atoms with E-state index in [1.54, 1.807) is 24.3 Å². The highest BCUT2D eigenvalue weighted by Gasteiger charge is 2.27. The van der Waals surface area contributed by atoms with Gasteiger partial charge >= 0.3 is 0 Å². The summed E-state index contributed by atoms with van der Waals surface area (Å²) in [6.07, 6.45) is 0. The maximum Gasteiger partial charge on any atom is 0.243 e. The summed E-state index contributed by atoms with van der Waals surface area (Å²) < 4.78 is 40.8. The van der Waals surface area contributed by atoms with Gasteiger partial charge in [-0.15, -0.1) is 0 Å². The van der Waals surface area contributed by atoms with Crippen LogP contribution in [0.5, 0.6) is 0 Å². The lowest BCUT2D eigenvalue weighted by Gasteiger charge is -2.22. The van der Waals surface area contributed by atoms with Crippen molar-refractivity contribution in [3.05, 3.63) is 95.3 Å². The number of halogens is 1. The van der Waals surface area contributed by atoms with Crippen molar-refractivity contribution in [1.29, 1.82) is 0 Å². The van der Waals surface area contributed by atoms with Crippen LogP contribution in [0.2, 0.25) is 0 Å². The zero-order valence-corrected chi connectivity index (χ0v) is 17.6. The lowest BCUT2D eigenvalue weighted by molar-refractivity contribution is -0.116. The third kappa shape index (κ3) is 5.31. The second kappa shape index (κ2) is 9.19. The van der Waals surface area contributed by atoms with Crippen LogP contribution in [-0.2, 0) is 21.4 Å². The quantitative estimate of drug-likeness (QED) is 0.614. The van der Waals surface area contributed by atoms with Crippen molar-refractivity contribution in [3.8, 4) is 0 Å². The molecule has 0 heterocycles. The molecule has 0 saturated heterocycles. The van der Waals surface area contributed by atoms with Crippen LogP contribution in [-0.4, -0.2) is 25.2 Å². The molecule has 1 N–H and O–H groups in total. The van der Waals surface area contributed by atoms with Crippen LogP contribution in [0.1, 0.15) is 16.7 Å². The molecular formula is C23H23FN2O3S. The Morgan fingerprint density at radius 1 is 0.933 bits per heavy atom. The molecule has 3 aromatic carbocycles. The summed E-state index contributed by atoms with van der Waals surface area (Å²) >= 11 is 0. The number of nitrogens with zero attached hydrogens (tertiary/aromatic N) is 1. The molecule has 156 valence electrons. The van der Waals surface area contributed by atoms with E-state index in [0.29, 0.717) is 11.3 Å². The number of para-hydroxylation sites is 1. The molecule has 0 atom stereocenters. The van der Waals surface area contributed by atoms with Crippen molar-refractivity contribution in [2.24, 2.45) is 0 Å². The number of amides is 1. The number of hydrogen-bond acceptors (Lipinski definition) is 3. The monoisotopic (exact) mass is 426 g/mol. The van der Waals surface area contributed by atoms with Gasteiger partial charge in [0.25, 0.3) is 0 Å². The number of rotatable bonds is 7. The molecule has 0 radical (unpaired) electrons. The summed E-state index contributed by atoms with van der Waals surface area (Å²) in [6.45, 7) is 3.29. The molecule has 7 heteroatoms. The molecule has 5 nitrogen and oxygen atoms in total. The third-order valence-corrected chi connectivity index (χ3v) is 6.48. The number of nitrogens with one attached hydrogen (secondary N) is 1. The van der Waals surface area contributed by atoms with Gasteiger partial charge in [0.2, 0.25) is 15.9 Å². The van der Waals surface area contributed by atoms with Gasteiger partial charge in [0.15, 0.2) is 0 Å². The molecule has 0 saturated carbocycles. The van der Waals surface area contributed by atoms with Crippen molar-refractivity contribution in [2.45, 2.75) is 25.3 Å². The first-order valence-corrected chi connectivity index (χ1v) is 10.9. The van der Waals surface area contributed by atoms with E-state index in [1.807, 2.05) is 26.0 Å². The molecule has 0 aromatic heterocycles. The van der Waals surface area contributed by atoms with E-state index in [1.165, 1.54) is 36.4 Å². The Balaban J connectivity index is 1.88. The maximum atomic E-state index is 13.3. The first kappa shape index (κ1) is 21.7. The highest BCUT2D eigenvalue weighted by molar-refractivity contribution is 7.89. The predicted molar refractivity (Wildman–Crippen MR) is 115 cm³/mol. The standard InChI is InChI=1S/C23H23FN2O3S/c1-17-7-13-21(14-8-17)30(28,29)26(15-19-9-11-20(24)12-10-19)16-23(27)25-22-6-4-3-5-18(22)2/h3-14H,15-16H2,1-2H3,(H,25,27). The molecule has 0 aliphatic rings. The summed E-state index contributed by atoms with van der Waals surface area (Å²) in [4.78, 5) is 12.8. The molecular weight excluding hydrogens is 403 g/mol. The zero-order chi connectivity index (χ0) is 21.7. The van der Waals surface area contributed by atoms with E-state index in [2.05, 4.69) is 5.32 Å². The normalized spacial score (nSPS) is 11.5. The zero-order valence-electron chi connectivity index (χ0n) is 16.8. The minimum atomic E-state index is -3.94. The van der Waals surface area contributed by atoms with E-state index >= 15 is 0 Å². The Kier molecular flexibility index (Phi) is 6.64. The summed E-state index contributed by atoms with van der Waals surface area (Å²) in [7, 11) is -3.94. The number of aryl methyl sites for hydroxylation is 2. The molecule has 1 amide bonds. The van der Waals surface area contributed by atoms with Crippen LogP contribution in [0.25, 0.3) is 0 Å². The minimum Gasteiger partial charge on any atom is -0.325 e. The molecule has 0 unspecified atom stereocenters. The SMILES string of the molecule is Cc1ccc(S(=O)(=O)N(CC(=O)Nc2ccccc2C)Cc2ccc(F)cc2)cc1. The Morgan fingerprint density at radius 3 is 2.20 bits per heavy atom. The van der Waals surface area contributed by atoms with Crippen LogP contribution in [0, 0.1) is 19.7 Å². The van der Waals surface area contributed by atoms with Crippen LogP contribution in [0.15, 0.2) is 77.7 Å². The fourth-order valence-electron chi connectivity index (χ4n) is 2.94. The number of benzene rings is 3. The molecule has 0 aliphatic carbocycles. The highest BCUT2D eigenvalue weighted by atomic mass is 32.2.